The Balaban J connectivity index is 1.96. The molecule has 2 N–H and O–H groups in total. The van der Waals surface area contributed by atoms with Crippen molar-refractivity contribution in [2.45, 2.75) is 6.10 Å². The molecule has 0 saturated heterocycles. The first-order valence-corrected chi connectivity index (χ1v) is 6.03. The Bertz CT molecular complexity index is 563. The molecule has 0 spiro atoms. The van der Waals surface area contributed by atoms with Gasteiger partial charge in [0.15, 0.2) is 0 Å². The first kappa shape index (κ1) is 13.5. The number of hydrogen-bond donors (Lipinski definition) is 2. The quantitative estimate of drug-likeness (QED) is 0.832. The monoisotopic (exact) mass is 277 g/mol. The van der Waals surface area contributed by atoms with Gasteiger partial charge < -0.3 is 10.4 Å². The van der Waals surface area contributed by atoms with E-state index < -0.39 is 6.10 Å². The number of rotatable bonds is 4. The summed E-state index contributed by atoms with van der Waals surface area (Å²) < 4.78 is 0. The Hall–Kier alpha value is -1.98. The molecule has 1 unspecified atom stereocenters. The molecule has 2 rings (SSSR count). The summed E-state index contributed by atoms with van der Waals surface area (Å²) in [6.07, 6.45) is 3.88. The predicted molar refractivity (Wildman–Crippen MR) is 70.8 cm³/mol. The van der Waals surface area contributed by atoms with Crippen LogP contribution in [0.2, 0.25) is 5.15 Å². The van der Waals surface area contributed by atoms with E-state index in [0.29, 0.717) is 5.56 Å². The van der Waals surface area contributed by atoms with Crippen LogP contribution in [-0.4, -0.2) is 27.5 Å². The number of aromatic nitrogens is 2. The molecule has 0 aliphatic carbocycles. The minimum atomic E-state index is -0.789. The fourth-order valence-corrected chi connectivity index (χ4v) is 1.75. The predicted octanol–water partition coefficient (Wildman–Crippen LogP) is 1.59. The van der Waals surface area contributed by atoms with Crippen LogP contribution in [-0.2, 0) is 0 Å². The summed E-state index contributed by atoms with van der Waals surface area (Å²) in [6, 6.07) is 6.57. The van der Waals surface area contributed by atoms with Gasteiger partial charge in [-0.25, -0.2) is 4.98 Å². The van der Waals surface area contributed by atoms with E-state index in [-0.39, 0.29) is 23.2 Å². The maximum absolute atomic E-state index is 11.8. The van der Waals surface area contributed by atoms with Gasteiger partial charge >= 0.3 is 0 Å². The van der Waals surface area contributed by atoms with Gasteiger partial charge in [-0.3, -0.25) is 9.78 Å². The van der Waals surface area contributed by atoms with Crippen LogP contribution in [0.15, 0.2) is 42.9 Å². The van der Waals surface area contributed by atoms with Gasteiger partial charge in [-0.05, 0) is 29.8 Å². The van der Waals surface area contributed by atoms with Crippen LogP contribution in [0.25, 0.3) is 0 Å². The third-order valence-corrected chi connectivity index (χ3v) is 2.85. The Labute approximate surface area is 115 Å². The van der Waals surface area contributed by atoms with Crippen molar-refractivity contribution >= 4 is 17.5 Å². The minimum Gasteiger partial charge on any atom is -0.387 e. The van der Waals surface area contributed by atoms with E-state index in [4.69, 9.17) is 11.6 Å². The molecule has 0 aliphatic heterocycles. The fourth-order valence-electron chi connectivity index (χ4n) is 1.54. The van der Waals surface area contributed by atoms with Gasteiger partial charge in [-0.15, -0.1) is 0 Å². The largest absolute Gasteiger partial charge is 0.387 e. The summed E-state index contributed by atoms with van der Waals surface area (Å²) >= 11 is 5.81. The molecule has 2 aromatic rings. The first-order chi connectivity index (χ1) is 9.18. The van der Waals surface area contributed by atoms with Gasteiger partial charge in [0.1, 0.15) is 5.15 Å². The molecule has 6 heteroatoms. The maximum Gasteiger partial charge on any atom is 0.254 e. The summed E-state index contributed by atoms with van der Waals surface area (Å²) in [5, 5.41) is 12.6. The van der Waals surface area contributed by atoms with E-state index in [1.54, 1.807) is 36.7 Å². The van der Waals surface area contributed by atoms with Crippen LogP contribution in [0.3, 0.4) is 0 Å². The average molecular weight is 278 g/mol. The van der Waals surface area contributed by atoms with Crippen LogP contribution in [0.5, 0.6) is 0 Å². The molecule has 98 valence electrons. The van der Waals surface area contributed by atoms with Crippen molar-refractivity contribution in [1.82, 2.24) is 15.3 Å². The fraction of sp³-hybridized carbons (Fsp3) is 0.154. The van der Waals surface area contributed by atoms with Gasteiger partial charge in [0, 0.05) is 25.1 Å². The molecule has 2 aromatic heterocycles. The van der Waals surface area contributed by atoms with Crippen LogP contribution in [0, 0.1) is 0 Å². The second kappa shape index (κ2) is 6.26. The second-order valence-electron chi connectivity index (χ2n) is 3.85. The highest BCUT2D eigenvalue weighted by atomic mass is 35.5. The number of nitrogens with zero attached hydrogens (tertiary/aromatic N) is 2. The molecule has 0 radical (unpaired) electrons. The Morgan fingerprint density at radius 2 is 2.05 bits per heavy atom. The highest BCUT2D eigenvalue weighted by Gasteiger charge is 2.13. The van der Waals surface area contributed by atoms with E-state index in [9.17, 15) is 9.90 Å². The Kier molecular flexibility index (Phi) is 4.43. The van der Waals surface area contributed by atoms with Gasteiger partial charge in [0.2, 0.25) is 0 Å². The minimum absolute atomic E-state index is 0.0913. The molecule has 0 aliphatic rings. The zero-order valence-corrected chi connectivity index (χ0v) is 10.7. The van der Waals surface area contributed by atoms with Crippen LogP contribution in [0.1, 0.15) is 22.0 Å². The highest BCUT2D eigenvalue weighted by molar-refractivity contribution is 6.32. The number of nitrogens with one attached hydrogen (secondary N) is 1. The topological polar surface area (TPSA) is 75.1 Å². The molecule has 2 heterocycles. The number of aliphatic hydroxyl groups excluding tert-OH is 1. The van der Waals surface area contributed by atoms with Crippen molar-refractivity contribution in [3.63, 3.8) is 0 Å². The third kappa shape index (κ3) is 3.49. The molecule has 19 heavy (non-hydrogen) atoms. The number of halogens is 1. The van der Waals surface area contributed by atoms with Crippen molar-refractivity contribution in [1.29, 1.82) is 0 Å². The van der Waals surface area contributed by atoms with Crippen molar-refractivity contribution < 1.29 is 9.90 Å². The molecule has 0 bridgehead atoms. The van der Waals surface area contributed by atoms with E-state index in [1.807, 2.05) is 0 Å². The number of carbonyl (C=O) groups excluding carboxylic acids is 1. The Morgan fingerprint density at radius 1 is 1.32 bits per heavy atom. The molecular weight excluding hydrogens is 266 g/mol. The summed E-state index contributed by atoms with van der Waals surface area (Å²) in [4.78, 5) is 19.5. The first-order valence-electron chi connectivity index (χ1n) is 5.65. The summed E-state index contributed by atoms with van der Waals surface area (Å²) in [7, 11) is 0. The molecular formula is C13H12ClN3O2. The van der Waals surface area contributed by atoms with Crippen molar-refractivity contribution in [2.24, 2.45) is 0 Å². The lowest BCUT2D eigenvalue weighted by Crippen LogP contribution is -2.28. The van der Waals surface area contributed by atoms with Gasteiger partial charge in [-0.1, -0.05) is 11.6 Å². The van der Waals surface area contributed by atoms with E-state index in [1.165, 1.54) is 6.20 Å². The molecule has 1 amide bonds. The highest BCUT2D eigenvalue weighted by Crippen LogP contribution is 2.13. The normalized spacial score (nSPS) is 11.9. The second-order valence-corrected chi connectivity index (χ2v) is 4.21. The van der Waals surface area contributed by atoms with Gasteiger partial charge in [0.25, 0.3) is 5.91 Å². The molecule has 5 nitrogen and oxygen atoms in total. The number of aliphatic hydroxyl groups is 1. The van der Waals surface area contributed by atoms with Gasteiger partial charge in [0.05, 0.1) is 11.7 Å². The smallest absolute Gasteiger partial charge is 0.254 e. The summed E-state index contributed by atoms with van der Waals surface area (Å²) in [6.45, 7) is 0.0913. The summed E-state index contributed by atoms with van der Waals surface area (Å²) in [5.41, 5.74) is 0.971. The molecule has 1 atom stereocenters. The van der Waals surface area contributed by atoms with Crippen LogP contribution >= 0.6 is 11.6 Å². The van der Waals surface area contributed by atoms with Crippen molar-refractivity contribution in [3.05, 3.63) is 59.1 Å². The van der Waals surface area contributed by atoms with Gasteiger partial charge in [-0.2, -0.15) is 0 Å². The zero-order valence-electron chi connectivity index (χ0n) is 9.95. The number of pyridine rings is 2. The standard InChI is InChI=1S/C13H12ClN3O2/c14-12-10(2-1-5-16-12)13(19)17-8-11(18)9-3-6-15-7-4-9/h1-7,11,18H,8H2,(H,17,19). The van der Waals surface area contributed by atoms with Crippen molar-refractivity contribution in [2.75, 3.05) is 6.54 Å². The lowest BCUT2D eigenvalue weighted by molar-refractivity contribution is 0.0916. The van der Waals surface area contributed by atoms with E-state index in [0.717, 1.165) is 0 Å². The van der Waals surface area contributed by atoms with E-state index >= 15 is 0 Å². The zero-order chi connectivity index (χ0) is 13.7. The number of amides is 1. The molecule has 0 aromatic carbocycles. The average Bonchev–Trinajstić information content (AvgIpc) is 2.46. The summed E-state index contributed by atoms with van der Waals surface area (Å²) in [5.74, 6) is -0.369. The SMILES string of the molecule is O=C(NCC(O)c1ccncc1)c1cccnc1Cl. The number of hydrogen-bond acceptors (Lipinski definition) is 4. The Morgan fingerprint density at radius 3 is 2.74 bits per heavy atom. The van der Waals surface area contributed by atoms with E-state index in [2.05, 4.69) is 15.3 Å². The molecule has 0 saturated carbocycles. The maximum atomic E-state index is 11.8. The third-order valence-electron chi connectivity index (χ3n) is 2.55. The van der Waals surface area contributed by atoms with Crippen molar-refractivity contribution in [3.8, 4) is 0 Å². The van der Waals surface area contributed by atoms with Crippen LogP contribution < -0.4 is 5.32 Å². The number of carbonyl (C=O) groups is 1. The lowest BCUT2D eigenvalue weighted by Gasteiger charge is -2.12. The molecule has 0 fully saturated rings. The lowest BCUT2D eigenvalue weighted by atomic mass is 10.1. The van der Waals surface area contributed by atoms with Crippen LogP contribution in [0.4, 0.5) is 0 Å².